The minimum Gasteiger partial charge on any atom is -0.396 e. The van der Waals surface area contributed by atoms with Crippen molar-refractivity contribution < 1.29 is 27.8 Å². The molecule has 1 aliphatic heterocycles. The summed E-state index contributed by atoms with van der Waals surface area (Å²) in [4.78, 5) is 13.9. The van der Waals surface area contributed by atoms with Gasteiger partial charge in [-0.15, -0.1) is 0 Å². The second kappa shape index (κ2) is 8.43. The first-order chi connectivity index (χ1) is 12.1. The summed E-state index contributed by atoms with van der Waals surface area (Å²) in [5.74, 6) is -0.879. The quantitative estimate of drug-likeness (QED) is 0.608. The first kappa shape index (κ1) is 20.8. The first-order valence-corrected chi connectivity index (χ1v) is 10.2. The molecule has 7 nitrogen and oxygen atoms in total. The largest absolute Gasteiger partial charge is 0.396 e. The zero-order chi connectivity index (χ0) is 19.4. The second-order valence-electron chi connectivity index (χ2n) is 6.91. The summed E-state index contributed by atoms with van der Waals surface area (Å²) in [6.45, 7) is 0.156. The molecule has 0 spiro atoms. The number of primary sulfonamides is 1. The topological polar surface area (TPSA) is 121 Å². The zero-order valence-corrected chi connectivity index (χ0v) is 15.3. The van der Waals surface area contributed by atoms with Gasteiger partial charge in [0.05, 0.1) is 18.5 Å². The van der Waals surface area contributed by atoms with Gasteiger partial charge in [-0.05, 0) is 37.0 Å². The molecule has 2 atom stereocenters. The van der Waals surface area contributed by atoms with E-state index in [1.807, 2.05) is 0 Å². The number of rotatable bonds is 7. The molecule has 1 aromatic carbocycles. The fourth-order valence-corrected chi connectivity index (χ4v) is 3.88. The highest BCUT2D eigenvalue weighted by molar-refractivity contribution is 7.89. The molecule has 1 aliphatic rings. The van der Waals surface area contributed by atoms with Crippen molar-refractivity contribution in [1.82, 2.24) is 4.90 Å². The maximum atomic E-state index is 13.1. The molecule has 2 rings (SSSR count). The molecular weight excluding hydrogens is 363 g/mol. The van der Waals surface area contributed by atoms with E-state index in [0.29, 0.717) is 19.4 Å². The smallest absolute Gasteiger partial charge is 0.222 e. The summed E-state index contributed by atoms with van der Waals surface area (Å²) < 4.78 is 35.0. The van der Waals surface area contributed by atoms with Gasteiger partial charge in [-0.25, -0.2) is 17.9 Å². The normalized spacial score (nSPS) is 23.8. The third kappa shape index (κ3) is 5.47. The van der Waals surface area contributed by atoms with E-state index in [9.17, 15) is 27.8 Å². The summed E-state index contributed by atoms with van der Waals surface area (Å²) in [7, 11) is -3.61. The van der Waals surface area contributed by atoms with Crippen LogP contribution in [0.3, 0.4) is 0 Å². The van der Waals surface area contributed by atoms with E-state index in [1.54, 1.807) is 12.1 Å². The number of nitrogens with zero attached hydrogens (tertiary/aromatic N) is 1. The predicted octanol–water partition coefficient (Wildman–Crippen LogP) is 0.00880. The van der Waals surface area contributed by atoms with Gasteiger partial charge in [0.15, 0.2) is 0 Å². The van der Waals surface area contributed by atoms with E-state index >= 15 is 0 Å². The molecule has 1 heterocycles. The predicted molar refractivity (Wildman–Crippen MR) is 94.0 cm³/mol. The molecule has 1 saturated heterocycles. The van der Waals surface area contributed by atoms with Crippen LogP contribution >= 0.6 is 0 Å². The average Bonchev–Trinajstić information content (AvgIpc) is 2.57. The van der Waals surface area contributed by atoms with Crippen molar-refractivity contribution in [2.24, 2.45) is 10.6 Å². The molecule has 0 saturated carbocycles. The Morgan fingerprint density at radius 2 is 2.00 bits per heavy atom. The number of nitrogens with two attached hydrogens (primary N) is 1. The molecule has 0 unspecified atom stereocenters. The fraction of sp³-hybridized carbons (Fsp3) is 0.588. The van der Waals surface area contributed by atoms with Crippen LogP contribution in [0.2, 0.25) is 0 Å². The molecule has 1 amide bonds. The first-order valence-electron chi connectivity index (χ1n) is 8.47. The highest BCUT2D eigenvalue weighted by Gasteiger charge is 2.43. The van der Waals surface area contributed by atoms with Gasteiger partial charge in [-0.3, -0.25) is 4.79 Å². The molecular formula is C17H25FN2O5S. The monoisotopic (exact) mass is 388 g/mol. The van der Waals surface area contributed by atoms with Crippen LogP contribution in [-0.4, -0.2) is 61.0 Å². The van der Waals surface area contributed by atoms with Crippen LogP contribution in [0.15, 0.2) is 24.3 Å². The van der Waals surface area contributed by atoms with E-state index in [1.165, 1.54) is 17.0 Å². The van der Waals surface area contributed by atoms with Crippen molar-refractivity contribution in [2.45, 2.75) is 31.8 Å². The molecule has 0 aliphatic carbocycles. The Hall–Kier alpha value is -1.55. The Balaban J connectivity index is 2.06. The van der Waals surface area contributed by atoms with Gasteiger partial charge in [0.2, 0.25) is 15.9 Å². The number of aliphatic hydroxyl groups is 2. The van der Waals surface area contributed by atoms with E-state index < -0.39 is 21.5 Å². The third-order valence-electron chi connectivity index (χ3n) is 4.84. The molecule has 0 radical (unpaired) electrons. The number of halogens is 1. The van der Waals surface area contributed by atoms with E-state index in [-0.39, 0.29) is 43.5 Å². The Morgan fingerprint density at radius 1 is 1.35 bits per heavy atom. The number of hydrogen-bond acceptors (Lipinski definition) is 5. The summed E-state index contributed by atoms with van der Waals surface area (Å²) in [5.41, 5.74) is -0.186. The van der Waals surface area contributed by atoms with Crippen molar-refractivity contribution in [3.63, 3.8) is 0 Å². The van der Waals surface area contributed by atoms with Crippen LogP contribution < -0.4 is 5.14 Å². The average molecular weight is 388 g/mol. The zero-order valence-electron chi connectivity index (χ0n) is 14.5. The van der Waals surface area contributed by atoms with Gasteiger partial charge in [-0.2, -0.15) is 0 Å². The van der Waals surface area contributed by atoms with Gasteiger partial charge in [0, 0.05) is 24.9 Å². The van der Waals surface area contributed by atoms with Crippen LogP contribution in [0.1, 0.15) is 24.8 Å². The lowest BCUT2D eigenvalue weighted by Gasteiger charge is -2.45. The Labute approximate surface area is 152 Å². The maximum Gasteiger partial charge on any atom is 0.222 e. The Morgan fingerprint density at radius 3 is 2.58 bits per heavy atom. The van der Waals surface area contributed by atoms with Gasteiger partial charge in [-0.1, -0.05) is 12.1 Å². The van der Waals surface area contributed by atoms with Gasteiger partial charge in [0.1, 0.15) is 5.82 Å². The number of sulfonamides is 1. The lowest BCUT2D eigenvalue weighted by Crippen LogP contribution is -2.56. The van der Waals surface area contributed by atoms with E-state index in [0.717, 1.165) is 5.56 Å². The number of carbonyl (C=O) groups excluding carboxylic acids is 1. The molecule has 146 valence electrons. The maximum absolute atomic E-state index is 13.1. The number of hydrogen-bond donors (Lipinski definition) is 3. The summed E-state index contributed by atoms with van der Waals surface area (Å²) in [5, 5.41) is 25.3. The number of piperidine rings is 1. The summed E-state index contributed by atoms with van der Waals surface area (Å²) in [6.07, 6.45) is -0.0361. The van der Waals surface area contributed by atoms with Crippen molar-refractivity contribution >= 4 is 15.9 Å². The number of aliphatic hydroxyl groups excluding tert-OH is 2. The minimum atomic E-state index is -3.61. The molecule has 1 aromatic rings. The van der Waals surface area contributed by atoms with Crippen LogP contribution in [0.4, 0.5) is 4.39 Å². The number of benzene rings is 1. The van der Waals surface area contributed by atoms with Crippen molar-refractivity contribution in [3.8, 4) is 0 Å². The van der Waals surface area contributed by atoms with E-state index in [4.69, 9.17) is 5.14 Å². The van der Waals surface area contributed by atoms with Crippen molar-refractivity contribution in [3.05, 3.63) is 35.6 Å². The van der Waals surface area contributed by atoms with Crippen LogP contribution in [-0.2, 0) is 21.2 Å². The van der Waals surface area contributed by atoms with Crippen molar-refractivity contribution in [2.75, 3.05) is 25.4 Å². The Bertz CT molecular complexity index is 725. The fourth-order valence-electron chi connectivity index (χ4n) is 3.34. The van der Waals surface area contributed by atoms with E-state index in [2.05, 4.69) is 0 Å². The Kier molecular flexibility index (Phi) is 6.73. The van der Waals surface area contributed by atoms with Crippen molar-refractivity contribution in [1.29, 1.82) is 0 Å². The molecule has 0 aromatic heterocycles. The molecule has 26 heavy (non-hydrogen) atoms. The molecule has 1 fully saturated rings. The van der Waals surface area contributed by atoms with Gasteiger partial charge in [0.25, 0.3) is 0 Å². The third-order valence-corrected chi connectivity index (χ3v) is 5.70. The second-order valence-corrected chi connectivity index (χ2v) is 8.65. The molecule has 9 heteroatoms. The summed E-state index contributed by atoms with van der Waals surface area (Å²) >= 11 is 0. The molecule has 4 N–H and O–H groups in total. The van der Waals surface area contributed by atoms with Crippen LogP contribution in [0.5, 0.6) is 0 Å². The van der Waals surface area contributed by atoms with Crippen LogP contribution in [0, 0.1) is 11.2 Å². The number of carbonyl (C=O) groups is 1. The number of amides is 1. The number of likely N-dealkylation sites (tertiary alicyclic amines) is 1. The lowest BCUT2D eigenvalue weighted by molar-refractivity contribution is -0.141. The summed E-state index contributed by atoms with van der Waals surface area (Å²) in [6, 6.07) is 5.80. The van der Waals surface area contributed by atoms with Gasteiger partial charge >= 0.3 is 0 Å². The lowest BCUT2D eigenvalue weighted by atomic mass is 9.73. The van der Waals surface area contributed by atoms with Crippen LogP contribution in [0.25, 0.3) is 0 Å². The highest BCUT2D eigenvalue weighted by Crippen LogP contribution is 2.34. The highest BCUT2D eigenvalue weighted by atomic mass is 32.2. The minimum absolute atomic E-state index is 0.0323. The SMILES string of the molecule is NS(=O)(=O)CCCC(=O)N1CC[C@H](O)[C@@](CO)(Cc2ccc(F)cc2)C1. The standard InChI is InChI=1S/C17H25FN2O5S/c18-14-5-3-13(4-6-14)10-17(12-21)11-20(8-7-15(17)22)16(23)2-1-9-26(19,24)25/h3-6,15,21-22H,1-2,7-12H2,(H2,19,24,25)/t15-,17-/m0/s1. The van der Waals surface area contributed by atoms with Gasteiger partial charge < -0.3 is 15.1 Å². The molecule has 0 bridgehead atoms.